The molecule has 0 saturated carbocycles. The summed E-state index contributed by atoms with van der Waals surface area (Å²) in [7, 11) is 0. The molecule has 4 rings (SSSR count). The van der Waals surface area contributed by atoms with Crippen molar-refractivity contribution >= 4 is 11.7 Å². The van der Waals surface area contributed by atoms with Crippen LogP contribution >= 0.6 is 0 Å². The van der Waals surface area contributed by atoms with Gasteiger partial charge in [0.05, 0.1) is 34.9 Å². The summed E-state index contributed by atoms with van der Waals surface area (Å²) in [5, 5.41) is 13.1. The van der Waals surface area contributed by atoms with Gasteiger partial charge in [-0.15, -0.1) is 0 Å². The largest absolute Gasteiger partial charge is 0.412 e. The molecule has 0 radical (unpaired) electrons. The molecule has 5 nitrogen and oxygen atoms in total. The molecule has 2 aromatic carbocycles. The number of esters is 1. The number of nitrogens with zero attached hydrogens (tertiary/aromatic N) is 2. The van der Waals surface area contributed by atoms with Crippen LogP contribution in [0.2, 0.25) is 0 Å². The minimum absolute atomic E-state index is 0.324. The molecule has 1 spiro atoms. The number of rotatable bonds is 1. The number of oxime groups is 1. The number of carbonyl (C=O) groups excluding carboxylic acids is 1. The number of nitriles is 1. The molecule has 0 fully saturated rings. The maximum absolute atomic E-state index is 12.0. The van der Waals surface area contributed by atoms with E-state index >= 15 is 0 Å². The van der Waals surface area contributed by atoms with Crippen molar-refractivity contribution in [1.29, 1.82) is 5.26 Å². The summed E-state index contributed by atoms with van der Waals surface area (Å²) in [4.78, 5) is 17.5. The Labute approximate surface area is 126 Å². The van der Waals surface area contributed by atoms with Gasteiger partial charge < -0.3 is 9.57 Å². The monoisotopic (exact) mass is 290 g/mol. The summed E-state index contributed by atoms with van der Waals surface area (Å²) in [5.41, 5.74) is 3.18. The van der Waals surface area contributed by atoms with Gasteiger partial charge in [-0.2, -0.15) is 5.26 Å². The van der Waals surface area contributed by atoms with Crippen molar-refractivity contribution in [3.05, 3.63) is 70.8 Å². The maximum atomic E-state index is 12.0. The Hall–Kier alpha value is -3.13. The fourth-order valence-electron chi connectivity index (χ4n) is 2.79. The lowest BCUT2D eigenvalue weighted by molar-refractivity contribution is -0.186. The number of carbonyl (C=O) groups is 1. The Bertz CT molecular complexity index is 866. The quantitative estimate of drug-likeness (QED) is 0.757. The molecule has 0 saturated heterocycles. The van der Waals surface area contributed by atoms with Crippen LogP contribution in [0.3, 0.4) is 0 Å². The zero-order valence-electron chi connectivity index (χ0n) is 11.4. The van der Waals surface area contributed by atoms with E-state index in [1.807, 2.05) is 18.2 Å². The number of hydrogen-bond acceptors (Lipinski definition) is 5. The molecule has 0 aliphatic carbocycles. The molecule has 1 atom stereocenters. The van der Waals surface area contributed by atoms with Gasteiger partial charge in [-0.25, -0.2) is 4.79 Å². The van der Waals surface area contributed by atoms with Gasteiger partial charge in [-0.1, -0.05) is 35.5 Å². The molecule has 2 aromatic rings. The van der Waals surface area contributed by atoms with Crippen molar-refractivity contribution in [3.63, 3.8) is 0 Å². The highest BCUT2D eigenvalue weighted by atomic mass is 16.8. The SMILES string of the molecule is N#Cc1cccc(C2=NOC3(C2)OC(=O)c2ccccc23)c1. The van der Waals surface area contributed by atoms with E-state index in [4.69, 9.17) is 14.8 Å². The van der Waals surface area contributed by atoms with Gasteiger partial charge in [0.15, 0.2) is 0 Å². The predicted octanol–water partition coefficient (Wildman–Crippen LogP) is 2.71. The van der Waals surface area contributed by atoms with Gasteiger partial charge in [0.25, 0.3) is 0 Å². The van der Waals surface area contributed by atoms with E-state index < -0.39 is 11.8 Å². The lowest BCUT2D eigenvalue weighted by Crippen LogP contribution is -2.26. The number of ether oxygens (including phenoxy) is 1. The molecule has 2 heterocycles. The molecule has 2 aliphatic heterocycles. The minimum atomic E-state index is -1.17. The predicted molar refractivity (Wildman–Crippen MR) is 76.9 cm³/mol. The third-order valence-electron chi connectivity index (χ3n) is 3.84. The highest BCUT2D eigenvalue weighted by Gasteiger charge is 2.52. The first kappa shape index (κ1) is 12.6. The summed E-state index contributed by atoms with van der Waals surface area (Å²) >= 11 is 0. The van der Waals surface area contributed by atoms with Crippen molar-refractivity contribution in [3.8, 4) is 6.07 Å². The molecule has 22 heavy (non-hydrogen) atoms. The standard InChI is InChI=1S/C17H10N2O3/c18-10-11-4-3-5-12(8-11)15-9-17(22-19-15)14-7-2-1-6-13(14)16(20)21-17/h1-8H,9H2. The van der Waals surface area contributed by atoms with E-state index in [1.165, 1.54) is 0 Å². The Morgan fingerprint density at radius 3 is 2.91 bits per heavy atom. The molecule has 5 heteroatoms. The summed E-state index contributed by atoms with van der Waals surface area (Å²) in [6.45, 7) is 0. The lowest BCUT2D eigenvalue weighted by atomic mass is 9.95. The average molecular weight is 290 g/mol. The third kappa shape index (κ3) is 1.71. The second-order valence-corrected chi connectivity index (χ2v) is 5.19. The van der Waals surface area contributed by atoms with E-state index in [9.17, 15) is 4.79 Å². The van der Waals surface area contributed by atoms with Crippen molar-refractivity contribution in [2.45, 2.75) is 12.2 Å². The Morgan fingerprint density at radius 1 is 1.18 bits per heavy atom. The first-order valence-corrected chi connectivity index (χ1v) is 6.80. The normalized spacial score (nSPS) is 21.8. The summed E-state index contributed by atoms with van der Waals surface area (Å²) < 4.78 is 5.45. The summed E-state index contributed by atoms with van der Waals surface area (Å²) in [6, 6.07) is 16.3. The number of fused-ring (bicyclic) bond motifs is 2. The van der Waals surface area contributed by atoms with Crippen LogP contribution in [0.1, 0.15) is 33.5 Å². The zero-order chi connectivity index (χ0) is 15.2. The van der Waals surface area contributed by atoms with E-state index in [0.717, 1.165) is 5.56 Å². The third-order valence-corrected chi connectivity index (χ3v) is 3.84. The summed E-state index contributed by atoms with van der Waals surface area (Å²) in [6.07, 6.45) is 0.324. The Kier molecular flexibility index (Phi) is 2.54. The lowest BCUT2D eigenvalue weighted by Gasteiger charge is -2.19. The van der Waals surface area contributed by atoms with Gasteiger partial charge in [0.1, 0.15) is 0 Å². The van der Waals surface area contributed by atoms with E-state index in [0.29, 0.717) is 28.8 Å². The van der Waals surface area contributed by atoms with Crippen molar-refractivity contribution < 1.29 is 14.4 Å². The van der Waals surface area contributed by atoms with Crippen LogP contribution in [0, 0.1) is 11.3 Å². The van der Waals surface area contributed by atoms with Crippen LogP contribution in [0.25, 0.3) is 0 Å². The fraction of sp³-hybridized carbons (Fsp3) is 0.118. The molecule has 106 valence electrons. The van der Waals surface area contributed by atoms with E-state index in [1.54, 1.807) is 30.3 Å². The Morgan fingerprint density at radius 2 is 2.05 bits per heavy atom. The molecule has 1 unspecified atom stereocenters. The van der Waals surface area contributed by atoms with Crippen LogP contribution in [0.15, 0.2) is 53.7 Å². The topological polar surface area (TPSA) is 71.7 Å². The maximum Gasteiger partial charge on any atom is 0.342 e. The average Bonchev–Trinajstić information content (AvgIpc) is 3.11. The van der Waals surface area contributed by atoms with Gasteiger partial charge in [-0.3, -0.25) is 0 Å². The first-order valence-electron chi connectivity index (χ1n) is 6.80. The first-order chi connectivity index (χ1) is 10.7. The van der Waals surface area contributed by atoms with Gasteiger partial charge >= 0.3 is 11.8 Å². The van der Waals surface area contributed by atoms with Crippen LogP contribution < -0.4 is 0 Å². The van der Waals surface area contributed by atoms with Gasteiger partial charge in [0.2, 0.25) is 0 Å². The molecule has 0 N–H and O–H groups in total. The molecule has 0 bridgehead atoms. The van der Waals surface area contributed by atoms with E-state index in [-0.39, 0.29) is 0 Å². The number of hydrogen-bond donors (Lipinski definition) is 0. The molecule has 2 aliphatic rings. The second kappa shape index (κ2) is 4.43. The zero-order valence-corrected chi connectivity index (χ0v) is 11.4. The Balaban J connectivity index is 1.71. The van der Waals surface area contributed by atoms with Gasteiger partial charge in [0, 0.05) is 5.56 Å². The number of benzene rings is 2. The molecular weight excluding hydrogens is 280 g/mol. The van der Waals surface area contributed by atoms with Crippen molar-refractivity contribution in [1.82, 2.24) is 0 Å². The highest BCUT2D eigenvalue weighted by molar-refractivity contribution is 6.03. The van der Waals surface area contributed by atoms with Crippen LogP contribution in [-0.2, 0) is 15.4 Å². The molecular formula is C17H10N2O3. The van der Waals surface area contributed by atoms with Crippen LogP contribution in [0.5, 0.6) is 0 Å². The van der Waals surface area contributed by atoms with Crippen molar-refractivity contribution in [2.24, 2.45) is 5.16 Å². The van der Waals surface area contributed by atoms with Crippen LogP contribution in [0.4, 0.5) is 0 Å². The smallest absolute Gasteiger partial charge is 0.342 e. The highest BCUT2D eigenvalue weighted by Crippen LogP contribution is 2.44. The molecule has 0 amide bonds. The fourth-order valence-corrected chi connectivity index (χ4v) is 2.79. The van der Waals surface area contributed by atoms with Gasteiger partial charge in [-0.05, 0) is 18.2 Å². The minimum Gasteiger partial charge on any atom is -0.412 e. The van der Waals surface area contributed by atoms with E-state index in [2.05, 4.69) is 11.2 Å². The second-order valence-electron chi connectivity index (χ2n) is 5.19. The van der Waals surface area contributed by atoms with Crippen LogP contribution in [-0.4, -0.2) is 11.7 Å². The van der Waals surface area contributed by atoms with Crippen molar-refractivity contribution in [2.75, 3.05) is 0 Å². The summed E-state index contributed by atoms with van der Waals surface area (Å²) in [5.74, 6) is -1.58. The molecule has 0 aromatic heterocycles.